The van der Waals surface area contributed by atoms with Crippen molar-refractivity contribution in [3.05, 3.63) is 0 Å². The Morgan fingerprint density at radius 1 is 0.299 bits per heavy atom. The number of carbonyl (C=O) groups excluding carboxylic acids is 4. The molecule has 7 atom stereocenters. The van der Waals surface area contributed by atoms with E-state index in [2.05, 4.69) is 48.5 Å². The predicted octanol–water partition coefficient (Wildman–Crippen LogP) is 23.0. The van der Waals surface area contributed by atoms with Gasteiger partial charge in [-0.05, 0) is 43.4 Å². The average Bonchev–Trinajstić information content (AvgIpc) is 1.23. The molecule has 0 heterocycles. The summed E-state index contributed by atoms with van der Waals surface area (Å²) in [5, 5.41) is 10.6. The molecule has 0 aliphatic carbocycles. The van der Waals surface area contributed by atoms with Gasteiger partial charge in [-0.25, -0.2) is 9.13 Å². The highest BCUT2D eigenvalue weighted by Gasteiger charge is 2.30. The van der Waals surface area contributed by atoms with Gasteiger partial charge < -0.3 is 33.8 Å². The lowest BCUT2D eigenvalue weighted by atomic mass is 9.99. The molecule has 576 valence electrons. The molecule has 0 aliphatic heterocycles. The molecule has 0 aliphatic rings. The maximum absolute atomic E-state index is 13.1. The molecular formula is C78H152O17P2. The van der Waals surface area contributed by atoms with Crippen LogP contribution in [0.3, 0.4) is 0 Å². The van der Waals surface area contributed by atoms with E-state index in [1.165, 1.54) is 205 Å². The van der Waals surface area contributed by atoms with E-state index < -0.39 is 97.5 Å². The summed E-state index contributed by atoms with van der Waals surface area (Å²) in [5.41, 5.74) is 0. The Morgan fingerprint density at radius 3 is 0.784 bits per heavy atom. The van der Waals surface area contributed by atoms with Crippen LogP contribution in [0.2, 0.25) is 0 Å². The number of hydrogen-bond acceptors (Lipinski definition) is 15. The molecule has 3 N–H and O–H groups in total. The lowest BCUT2D eigenvalue weighted by molar-refractivity contribution is -0.161. The van der Waals surface area contributed by atoms with Gasteiger partial charge in [-0.2, -0.15) is 0 Å². The van der Waals surface area contributed by atoms with Crippen LogP contribution in [0.1, 0.15) is 402 Å². The number of phosphoric acid groups is 2. The second-order valence-electron chi connectivity index (χ2n) is 29.1. The number of phosphoric ester groups is 2. The zero-order valence-corrected chi connectivity index (χ0v) is 65.3. The number of esters is 4. The third-order valence-electron chi connectivity index (χ3n) is 18.9. The molecule has 0 radical (unpaired) electrons. The molecule has 0 aromatic heterocycles. The number of unbranched alkanes of at least 4 members (excludes halogenated alkanes) is 42. The Labute approximate surface area is 594 Å². The maximum Gasteiger partial charge on any atom is 0.472 e. The molecule has 0 aromatic carbocycles. The van der Waals surface area contributed by atoms with Crippen molar-refractivity contribution in [1.29, 1.82) is 0 Å². The summed E-state index contributed by atoms with van der Waals surface area (Å²) in [6.45, 7) is 11.9. The highest BCUT2D eigenvalue weighted by molar-refractivity contribution is 7.47. The largest absolute Gasteiger partial charge is 0.472 e. The minimum Gasteiger partial charge on any atom is -0.462 e. The van der Waals surface area contributed by atoms with Gasteiger partial charge in [-0.3, -0.25) is 37.3 Å². The summed E-state index contributed by atoms with van der Waals surface area (Å²) in [4.78, 5) is 72.7. The smallest absolute Gasteiger partial charge is 0.462 e. The van der Waals surface area contributed by atoms with Gasteiger partial charge >= 0.3 is 39.5 Å². The summed E-state index contributed by atoms with van der Waals surface area (Å²) < 4.78 is 68.5. The highest BCUT2D eigenvalue weighted by Crippen LogP contribution is 2.45. The minimum atomic E-state index is -4.96. The zero-order chi connectivity index (χ0) is 71.6. The van der Waals surface area contributed by atoms with Crippen LogP contribution < -0.4 is 0 Å². The standard InChI is InChI=1S/C78H152O17P2/c1-8-11-12-13-14-37-45-52-59-75(80)88-66-74(95-78(83)62-55-48-41-40-44-51-58-71(7)10-3)68-93-97(86,87)91-64-72(79)63-90-96(84,85)92-67-73(65-89-76(81)60-53-46-38-33-29-25-22-21-23-27-31-35-42-49-56-69(4)5)94-77(82)61-54-47-39-34-30-26-20-18-16-15-17-19-24-28-32-36-43-50-57-70(6)9-2/h69-74,79H,8-68H2,1-7H3,(H,84,85)(H,86,87)/t70?,71?,72-,73-,74-/m1/s1. The van der Waals surface area contributed by atoms with Crippen LogP contribution in [-0.2, 0) is 65.4 Å². The summed E-state index contributed by atoms with van der Waals surface area (Å²) in [6, 6.07) is 0. The fraction of sp³-hybridized carbons (Fsp3) is 0.949. The van der Waals surface area contributed by atoms with Gasteiger partial charge in [0.05, 0.1) is 26.4 Å². The molecule has 0 saturated carbocycles. The van der Waals surface area contributed by atoms with Crippen molar-refractivity contribution in [2.75, 3.05) is 39.6 Å². The fourth-order valence-corrected chi connectivity index (χ4v) is 13.5. The van der Waals surface area contributed by atoms with Crippen molar-refractivity contribution in [1.82, 2.24) is 0 Å². The molecule has 0 amide bonds. The number of ether oxygens (including phenoxy) is 4. The Hall–Kier alpha value is -1.94. The average molecular weight is 1420 g/mol. The monoisotopic (exact) mass is 1420 g/mol. The maximum atomic E-state index is 13.1. The van der Waals surface area contributed by atoms with E-state index >= 15 is 0 Å². The van der Waals surface area contributed by atoms with Crippen LogP contribution in [0.4, 0.5) is 0 Å². The number of carbonyl (C=O) groups is 4. The van der Waals surface area contributed by atoms with Gasteiger partial charge in [0.2, 0.25) is 0 Å². The quantitative estimate of drug-likeness (QED) is 0.0222. The van der Waals surface area contributed by atoms with Gasteiger partial charge in [0, 0.05) is 25.7 Å². The number of aliphatic hydroxyl groups is 1. The van der Waals surface area contributed by atoms with Crippen molar-refractivity contribution in [2.45, 2.75) is 420 Å². The molecule has 0 rings (SSSR count). The van der Waals surface area contributed by atoms with Crippen LogP contribution >= 0.6 is 15.6 Å². The third kappa shape index (κ3) is 69.5. The third-order valence-corrected chi connectivity index (χ3v) is 20.8. The van der Waals surface area contributed by atoms with Gasteiger partial charge in [-0.1, -0.05) is 350 Å². The second-order valence-corrected chi connectivity index (χ2v) is 32.0. The van der Waals surface area contributed by atoms with E-state index in [0.717, 1.165) is 114 Å². The first-order chi connectivity index (χ1) is 46.8. The van der Waals surface area contributed by atoms with Gasteiger partial charge in [0.15, 0.2) is 12.2 Å². The molecule has 17 nitrogen and oxygen atoms in total. The molecule has 0 saturated heterocycles. The van der Waals surface area contributed by atoms with Crippen molar-refractivity contribution in [2.24, 2.45) is 17.8 Å². The van der Waals surface area contributed by atoms with Crippen molar-refractivity contribution in [3.63, 3.8) is 0 Å². The molecule has 97 heavy (non-hydrogen) atoms. The molecule has 0 aromatic rings. The van der Waals surface area contributed by atoms with Crippen molar-refractivity contribution in [3.8, 4) is 0 Å². The molecule has 19 heteroatoms. The van der Waals surface area contributed by atoms with Crippen molar-refractivity contribution >= 4 is 39.5 Å². The Kier molecular flexibility index (Phi) is 67.1. The van der Waals surface area contributed by atoms with Crippen LogP contribution in [-0.4, -0.2) is 96.7 Å². The lowest BCUT2D eigenvalue weighted by Crippen LogP contribution is -2.30. The molecule has 0 bridgehead atoms. The SMILES string of the molecule is CCCCCCCCCCC(=O)OC[C@H](COP(=O)(O)OC[C@H](O)COP(=O)(O)OC[C@@H](COC(=O)CCCCCCCCCCCCCCCCC(C)C)OC(=O)CCCCCCCCCCCCCCCCCCCCC(C)CC)OC(=O)CCCCCCCCC(C)CC. The number of hydrogen-bond donors (Lipinski definition) is 3. The predicted molar refractivity (Wildman–Crippen MR) is 395 cm³/mol. The first kappa shape index (κ1) is 95.1. The van der Waals surface area contributed by atoms with Gasteiger partial charge in [-0.15, -0.1) is 0 Å². The van der Waals surface area contributed by atoms with E-state index in [1.54, 1.807) is 0 Å². The number of rotatable bonds is 76. The Morgan fingerprint density at radius 2 is 0.526 bits per heavy atom. The second kappa shape index (κ2) is 68.5. The fourth-order valence-electron chi connectivity index (χ4n) is 11.9. The summed E-state index contributed by atoms with van der Waals surface area (Å²) in [5.74, 6) is 0.269. The topological polar surface area (TPSA) is 237 Å². The van der Waals surface area contributed by atoms with E-state index in [4.69, 9.17) is 37.0 Å². The van der Waals surface area contributed by atoms with E-state index in [9.17, 15) is 43.2 Å². The van der Waals surface area contributed by atoms with E-state index in [1.807, 2.05) is 0 Å². The molecule has 4 unspecified atom stereocenters. The van der Waals surface area contributed by atoms with Crippen LogP contribution in [0.15, 0.2) is 0 Å². The summed E-state index contributed by atoms with van der Waals surface area (Å²) in [7, 11) is -9.91. The van der Waals surface area contributed by atoms with Crippen LogP contribution in [0, 0.1) is 17.8 Å². The van der Waals surface area contributed by atoms with Crippen molar-refractivity contribution < 1.29 is 80.2 Å². The van der Waals surface area contributed by atoms with Gasteiger partial charge in [0.25, 0.3) is 0 Å². The van der Waals surface area contributed by atoms with E-state index in [-0.39, 0.29) is 25.7 Å². The zero-order valence-electron chi connectivity index (χ0n) is 63.5. The highest BCUT2D eigenvalue weighted by atomic mass is 31.2. The Balaban J connectivity index is 5.17. The van der Waals surface area contributed by atoms with E-state index in [0.29, 0.717) is 25.7 Å². The lowest BCUT2D eigenvalue weighted by Gasteiger charge is -2.21. The first-order valence-electron chi connectivity index (χ1n) is 40.4. The normalized spacial score (nSPS) is 14.6. The van der Waals surface area contributed by atoms with Crippen LogP contribution in [0.5, 0.6) is 0 Å². The summed E-state index contributed by atoms with van der Waals surface area (Å²) in [6.07, 6.45) is 55.7. The molecule has 0 spiro atoms. The minimum absolute atomic E-state index is 0.103. The van der Waals surface area contributed by atoms with Crippen LogP contribution in [0.25, 0.3) is 0 Å². The summed E-state index contributed by atoms with van der Waals surface area (Å²) >= 11 is 0. The number of aliphatic hydroxyl groups excluding tert-OH is 1. The first-order valence-corrected chi connectivity index (χ1v) is 43.4. The molecular weight excluding hydrogens is 1270 g/mol. The molecule has 0 fully saturated rings. The van der Waals surface area contributed by atoms with Gasteiger partial charge in [0.1, 0.15) is 19.3 Å². The Bertz CT molecular complexity index is 1890.